The number of rotatable bonds is 9. The van der Waals surface area contributed by atoms with Gasteiger partial charge in [0.05, 0.1) is 6.04 Å². The van der Waals surface area contributed by atoms with Crippen LogP contribution in [0.4, 0.5) is 13.2 Å². The summed E-state index contributed by atoms with van der Waals surface area (Å²) in [6.07, 6.45) is -0.301. The molecule has 2 heterocycles. The van der Waals surface area contributed by atoms with E-state index in [0.717, 1.165) is 42.8 Å². The predicted molar refractivity (Wildman–Crippen MR) is 142 cm³/mol. The van der Waals surface area contributed by atoms with Crippen molar-refractivity contribution in [2.75, 3.05) is 32.8 Å². The molecule has 1 fully saturated rings. The highest BCUT2D eigenvalue weighted by molar-refractivity contribution is 6.31. The molecule has 2 atom stereocenters. The molecule has 6 nitrogen and oxygen atoms in total. The van der Waals surface area contributed by atoms with Crippen molar-refractivity contribution in [1.29, 1.82) is 0 Å². The molecule has 2 aliphatic rings. The first-order valence-corrected chi connectivity index (χ1v) is 13.4. The van der Waals surface area contributed by atoms with E-state index in [0.29, 0.717) is 10.6 Å². The van der Waals surface area contributed by atoms with Crippen LogP contribution in [0.15, 0.2) is 48.5 Å². The van der Waals surface area contributed by atoms with Crippen LogP contribution in [0.25, 0.3) is 10.8 Å². The van der Waals surface area contributed by atoms with Gasteiger partial charge in [-0.1, -0.05) is 35.9 Å². The Labute approximate surface area is 229 Å². The lowest BCUT2D eigenvalue weighted by atomic mass is 9.99. The lowest BCUT2D eigenvalue weighted by molar-refractivity contribution is -0.148. The summed E-state index contributed by atoms with van der Waals surface area (Å²) in [4.78, 5) is 14.8. The van der Waals surface area contributed by atoms with Crippen LogP contribution < -0.4 is 14.8 Å². The normalized spacial score (nSPS) is 17.3. The number of nitrogens with one attached hydrogen (secondary N) is 1. The lowest BCUT2D eigenvalue weighted by Gasteiger charge is -2.30. The summed E-state index contributed by atoms with van der Waals surface area (Å²) in [5, 5.41) is 15.9. The Morgan fingerprint density at radius 2 is 1.77 bits per heavy atom. The number of ether oxygens (including phenoxy) is 2. The molecule has 3 aromatic rings. The number of benzene rings is 3. The van der Waals surface area contributed by atoms with Gasteiger partial charge < -0.3 is 24.8 Å². The maximum absolute atomic E-state index is 15.1. The Bertz CT molecular complexity index is 1350. The molecule has 0 radical (unpaired) electrons. The van der Waals surface area contributed by atoms with Crippen molar-refractivity contribution >= 4 is 28.3 Å². The van der Waals surface area contributed by atoms with E-state index in [2.05, 4.69) is 5.32 Å². The Kier molecular flexibility index (Phi) is 8.21. The number of amides is 1. The zero-order chi connectivity index (χ0) is 27.6. The van der Waals surface area contributed by atoms with Gasteiger partial charge in [-0.3, -0.25) is 4.79 Å². The van der Waals surface area contributed by atoms with Crippen molar-refractivity contribution in [3.8, 4) is 11.5 Å². The van der Waals surface area contributed by atoms with Crippen molar-refractivity contribution in [2.24, 2.45) is 0 Å². The Morgan fingerprint density at radius 1 is 1.05 bits per heavy atom. The third-order valence-electron chi connectivity index (χ3n) is 7.24. The van der Waals surface area contributed by atoms with E-state index >= 15 is 8.78 Å². The monoisotopic (exact) mass is 562 g/mol. The molecule has 208 valence electrons. The van der Waals surface area contributed by atoms with Crippen molar-refractivity contribution in [1.82, 2.24) is 10.2 Å². The summed E-state index contributed by atoms with van der Waals surface area (Å²) in [5.41, 5.74) is 0.776. The molecule has 2 N–H and O–H groups in total. The quantitative estimate of drug-likeness (QED) is 0.371. The van der Waals surface area contributed by atoms with Crippen LogP contribution in [0.1, 0.15) is 36.5 Å². The number of hydrogen-bond acceptors (Lipinski definition) is 5. The van der Waals surface area contributed by atoms with Gasteiger partial charge in [-0.15, -0.1) is 0 Å². The molecule has 0 aliphatic carbocycles. The van der Waals surface area contributed by atoms with Gasteiger partial charge in [0.2, 0.25) is 0 Å². The topological polar surface area (TPSA) is 71.0 Å². The van der Waals surface area contributed by atoms with E-state index in [-0.39, 0.29) is 43.2 Å². The van der Waals surface area contributed by atoms with E-state index in [1.165, 1.54) is 6.07 Å². The summed E-state index contributed by atoms with van der Waals surface area (Å²) >= 11 is 6.01. The zero-order valence-corrected chi connectivity index (χ0v) is 22.0. The number of alkyl halides is 2. The first-order chi connectivity index (χ1) is 18.7. The Balaban J connectivity index is 1.30. The third kappa shape index (κ3) is 6.42. The van der Waals surface area contributed by atoms with Crippen LogP contribution in [0.5, 0.6) is 11.5 Å². The second kappa shape index (κ2) is 11.6. The Morgan fingerprint density at radius 3 is 2.56 bits per heavy atom. The number of carbonyl (C=O) groups is 1. The molecule has 1 amide bonds. The first kappa shape index (κ1) is 27.6. The average molecular weight is 563 g/mol. The fourth-order valence-electron chi connectivity index (χ4n) is 5.11. The molecule has 5 rings (SSSR count). The second-order valence-electron chi connectivity index (χ2n) is 10.1. The molecule has 0 bridgehead atoms. The van der Waals surface area contributed by atoms with Crippen molar-refractivity contribution < 1.29 is 32.5 Å². The highest BCUT2D eigenvalue weighted by Crippen LogP contribution is 2.37. The second-order valence-corrected chi connectivity index (χ2v) is 10.5. The molecule has 39 heavy (non-hydrogen) atoms. The Hall–Kier alpha value is -3.01. The third-order valence-corrected chi connectivity index (χ3v) is 7.47. The number of carbonyl (C=O) groups excluding carboxylic acids is 1. The lowest BCUT2D eigenvalue weighted by Crippen LogP contribution is -2.51. The smallest absolute Gasteiger partial charge is 0.324 e. The van der Waals surface area contributed by atoms with Gasteiger partial charge in [0.15, 0.2) is 17.3 Å². The number of hydrogen-bond donors (Lipinski definition) is 2. The molecule has 0 aromatic heterocycles. The molecule has 0 saturated carbocycles. The average Bonchev–Trinajstić information content (AvgIpc) is 3.44. The highest BCUT2D eigenvalue weighted by atomic mass is 35.5. The van der Waals surface area contributed by atoms with E-state index in [1.54, 1.807) is 24.3 Å². The molecular formula is C29H30ClF3N2O4. The summed E-state index contributed by atoms with van der Waals surface area (Å²) in [6, 6.07) is 12.1. The van der Waals surface area contributed by atoms with E-state index < -0.39 is 36.2 Å². The van der Waals surface area contributed by atoms with Gasteiger partial charge in [-0.25, -0.2) is 4.39 Å². The highest BCUT2D eigenvalue weighted by Gasteiger charge is 2.41. The molecule has 2 aliphatic heterocycles. The van der Waals surface area contributed by atoms with Gasteiger partial charge in [0.1, 0.15) is 19.3 Å². The first-order valence-electron chi connectivity index (χ1n) is 13.1. The van der Waals surface area contributed by atoms with Gasteiger partial charge in [-0.05, 0) is 78.5 Å². The van der Waals surface area contributed by atoms with E-state index in [9.17, 15) is 14.3 Å². The minimum absolute atomic E-state index is 0.0221. The molecule has 3 aromatic carbocycles. The van der Waals surface area contributed by atoms with Crippen LogP contribution in [0.3, 0.4) is 0 Å². The van der Waals surface area contributed by atoms with E-state index in [4.69, 9.17) is 21.1 Å². The van der Waals surface area contributed by atoms with Gasteiger partial charge in [-0.2, -0.15) is 8.78 Å². The van der Waals surface area contributed by atoms with Crippen LogP contribution in [0.2, 0.25) is 5.02 Å². The van der Waals surface area contributed by atoms with Crippen LogP contribution in [-0.4, -0.2) is 60.7 Å². The van der Waals surface area contributed by atoms with Crippen LogP contribution in [-0.2, 0) is 11.2 Å². The summed E-state index contributed by atoms with van der Waals surface area (Å²) < 4.78 is 55.5. The van der Waals surface area contributed by atoms with Gasteiger partial charge in [0.25, 0.3) is 5.91 Å². The minimum atomic E-state index is -3.68. The summed E-state index contributed by atoms with van der Waals surface area (Å²) in [5.74, 6) is -5.81. The standard InChI is InChI=1S/C29H30ClF3N2O4/c30-22-6-5-19-13-18(3-4-20(19)14-22)7-8-29(32,33)28(37)34-24(17-35-9-1-2-10-35)26(36)21-15-23(31)27-25(16-21)38-11-12-39-27/h3-6,13-16,24,26,36H,1-2,7-12,17H2,(H,34,37)/t24-,26-/m1/s1. The van der Waals surface area contributed by atoms with Gasteiger partial charge >= 0.3 is 5.92 Å². The number of halogens is 4. The number of aliphatic hydroxyl groups is 1. The molecular weight excluding hydrogens is 533 g/mol. The fraction of sp³-hybridized carbons (Fsp3) is 0.414. The van der Waals surface area contributed by atoms with Crippen molar-refractivity contribution in [3.05, 3.63) is 70.5 Å². The zero-order valence-electron chi connectivity index (χ0n) is 21.3. The molecule has 0 spiro atoms. The summed E-state index contributed by atoms with van der Waals surface area (Å²) in [6.45, 7) is 2.00. The number of fused-ring (bicyclic) bond motifs is 2. The molecule has 0 unspecified atom stereocenters. The maximum atomic E-state index is 15.1. The van der Waals surface area contributed by atoms with Gasteiger partial charge in [0, 0.05) is 18.0 Å². The molecule has 10 heteroatoms. The minimum Gasteiger partial charge on any atom is -0.486 e. The van der Waals surface area contributed by atoms with Crippen LogP contribution in [0, 0.1) is 5.82 Å². The largest absolute Gasteiger partial charge is 0.486 e. The van der Waals surface area contributed by atoms with Crippen molar-refractivity contribution in [3.63, 3.8) is 0 Å². The predicted octanol–water partition coefficient (Wildman–Crippen LogP) is 5.29. The summed E-state index contributed by atoms with van der Waals surface area (Å²) in [7, 11) is 0. The van der Waals surface area contributed by atoms with Crippen LogP contribution >= 0.6 is 11.6 Å². The number of aliphatic hydroxyl groups excluding tert-OH is 1. The number of aryl methyl sites for hydroxylation is 1. The fourth-order valence-corrected chi connectivity index (χ4v) is 5.29. The number of likely N-dealkylation sites (tertiary alicyclic amines) is 1. The van der Waals surface area contributed by atoms with E-state index in [1.807, 2.05) is 17.0 Å². The maximum Gasteiger partial charge on any atom is 0.324 e. The van der Waals surface area contributed by atoms with Crippen molar-refractivity contribution in [2.45, 2.75) is 43.8 Å². The molecule has 1 saturated heterocycles. The SMILES string of the molecule is O=C(N[C@H](CN1CCCC1)[C@H](O)c1cc(F)c2c(c1)OCCO2)C(F)(F)CCc1ccc2cc(Cl)ccc2c1. The number of nitrogens with zero attached hydrogens (tertiary/aromatic N) is 1.